The highest BCUT2D eigenvalue weighted by atomic mass is 19.4. The van der Waals surface area contributed by atoms with Gasteiger partial charge in [0.05, 0.1) is 5.56 Å². The summed E-state index contributed by atoms with van der Waals surface area (Å²) in [5.41, 5.74) is 6.37. The van der Waals surface area contributed by atoms with Crippen LogP contribution >= 0.6 is 0 Å². The number of aromatic nitrogens is 4. The van der Waals surface area contributed by atoms with E-state index in [4.69, 9.17) is 10.7 Å². The molecule has 10 nitrogen and oxygen atoms in total. The average Bonchev–Trinajstić information content (AvgIpc) is 3.33. The summed E-state index contributed by atoms with van der Waals surface area (Å²) >= 11 is 0. The summed E-state index contributed by atoms with van der Waals surface area (Å²) < 4.78 is 40.8. The van der Waals surface area contributed by atoms with Crippen LogP contribution in [0, 0.1) is 0 Å². The molecule has 1 fully saturated rings. The van der Waals surface area contributed by atoms with Gasteiger partial charge in [0.15, 0.2) is 0 Å². The molecule has 1 aliphatic rings. The Hall–Kier alpha value is -4.68. The van der Waals surface area contributed by atoms with Crippen molar-refractivity contribution in [2.45, 2.75) is 38.3 Å². The van der Waals surface area contributed by atoms with Gasteiger partial charge in [0, 0.05) is 55.1 Å². The first-order chi connectivity index (χ1) is 19.1. The molecule has 4 N–H and O–H groups in total. The first-order valence-electron chi connectivity index (χ1n) is 12.6. The third-order valence-electron chi connectivity index (χ3n) is 6.90. The Morgan fingerprint density at radius 2 is 1.98 bits per heavy atom. The van der Waals surface area contributed by atoms with Crippen molar-refractivity contribution in [3.8, 4) is 17.0 Å². The topological polar surface area (TPSA) is 139 Å². The zero-order chi connectivity index (χ0) is 28.6. The van der Waals surface area contributed by atoms with Crippen molar-refractivity contribution in [3.63, 3.8) is 0 Å². The van der Waals surface area contributed by atoms with Crippen molar-refractivity contribution >= 4 is 29.0 Å². The van der Waals surface area contributed by atoms with E-state index in [0.717, 1.165) is 31.2 Å². The Morgan fingerprint density at radius 3 is 2.70 bits per heavy atom. The first-order valence-corrected chi connectivity index (χ1v) is 12.6. The maximum Gasteiger partial charge on any atom is 0.416 e. The number of aromatic hydroxyl groups is 1. The average molecular weight is 554 g/mol. The predicted octanol–water partition coefficient (Wildman–Crippen LogP) is 4.47. The Balaban J connectivity index is 1.47. The number of likely N-dealkylation sites (tertiary alicyclic amines) is 1. The Labute approximate surface area is 226 Å². The van der Waals surface area contributed by atoms with Gasteiger partial charge >= 0.3 is 6.18 Å². The highest BCUT2D eigenvalue weighted by Crippen LogP contribution is 2.38. The monoisotopic (exact) mass is 553 g/mol. The van der Waals surface area contributed by atoms with Crippen LogP contribution in [0.25, 0.3) is 16.8 Å². The zero-order valence-electron chi connectivity index (χ0n) is 21.4. The van der Waals surface area contributed by atoms with Crippen LogP contribution in [0.1, 0.15) is 53.8 Å². The molecule has 0 spiro atoms. The summed E-state index contributed by atoms with van der Waals surface area (Å²) in [4.78, 5) is 39.7. The predicted molar refractivity (Wildman–Crippen MR) is 141 cm³/mol. The number of nitrogens with two attached hydrogens (primary N) is 1. The Morgan fingerprint density at radius 1 is 1.18 bits per heavy atom. The maximum atomic E-state index is 13.0. The van der Waals surface area contributed by atoms with Crippen LogP contribution in [0.15, 0.2) is 48.9 Å². The van der Waals surface area contributed by atoms with E-state index in [1.807, 2.05) is 16.2 Å². The molecule has 1 atom stereocenters. The first kappa shape index (κ1) is 26.9. The lowest BCUT2D eigenvalue weighted by Crippen LogP contribution is -2.39. The third kappa shape index (κ3) is 5.14. The van der Waals surface area contributed by atoms with Crippen molar-refractivity contribution in [1.29, 1.82) is 0 Å². The summed E-state index contributed by atoms with van der Waals surface area (Å²) in [7, 11) is 0. The van der Waals surface area contributed by atoms with Crippen LogP contribution in [0.4, 0.5) is 24.8 Å². The number of phenolic OH excluding ortho intramolecular Hbond substituents is 1. The molecule has 5 rings (SSSR count). The van der Waals surface area contributed by atoms with E-state index >= 15 is 0 Å². The maximum absolute atomic E-state index is 13.0. The van der Waals surface area contributed by atoms with Crippen LogP contribution in [0.5, 0.6) is 5.75 Å². The number of benzene rings is 1. The van der Waals surface area contributed by atoms with Crippen LogP contribution in [0.2, 0.25) is 0 Å². The van der Waals surface area contributed by atoms with Gasteiger partial charge < -0.3 is 21.1 Å². The second-order valence-electron chi connectivity index (χ2n) is 9.50. The molecule has 2 amide bonds. The molecule has 4 aromatic rings. The SMILES string of the molecule is CCC(=O)N1CCCC(c2nc(-c3ccc(C(=O)Nc4cc(C(F)(F)F)ccn4)cc3O)c3c(N)nccn23)C1. The molecule has 208 valence electrons. The molecule has 1 unspecified atom stereocenters. The van der Waals surface area contributed by atoms with Crippen LogP contribution in [0.3, 0.4) is 0 Å². The molecule has 1 aliphatic heterocycles. The van der Waals surface area contributed by atoms with E-state index in [1.165, 1.54) is 18.2 Å². The number of alkyl halides is 3. The number of hydrogen-bond donors (Lipinski definition) is 3. The fourth-order valence-electron chi connectivity index (χ4n) is 4.94. The number of fused-ring (bicyclic) bond motifs is 1. The van der Waals surface area contributed by atoms with Crippen LogP contribution < -0.4 is 11.1 Å². The zero-order valence-corrected chi connectivity index (χ0v) is 21.4. The van der Waals surface area contributed by atoms with Gasteiger partial charge in [-0.3, -0.25) is 14.0 Å². The second-order valence-corrected chi connectivity index (χ2v) is 9.50. The van der Waals surface area contributed by atoms with Gasteiger partial charge in [0.25, 0.3) is 5.91 Å². The number of amides is 2. The molecular weight excluding hydrogens is 527 g/mol. The molecular formula is C27H26F3N7O3. The summed E-state index contributed by atoms with van der Waals surface area (Å²) in [5.74, 6) is -0.470. The van der Waals surface area contributed by atoms with Crippen molar-refractivity contribution in [2.75, 3.05) is 24.1 Å². The quantitative estimate of drug-likeness (QED) is 0.332. The van der Waals surface area contributed by atoms with Crippen molar-refractivity contribution in [2.24, 2.45) is 0 Å². The smallest absolute Gasteiger partial charge is 0.416 e. The number of rotatable bonds is 5. The number of nitrogens with zero attached hydrogens (tertiary/aromatic N) is 5. The van der Waals surface area contributed by atoms with E-state index in [2.05, 4.69) is 15.3 Å². The van der Waals surface area contributed by atoms with E-state index in [1.54, 1.807) is 12.4 Å². The number of halogens is 3. The third-order valence-corrected chi connectivity index (χ3v) is 6.90. The molecule has 0 bridgehead atoms. The molecule has 0 aliphatic carbocycles. The fourth-order valence-corrected chi connectivity index (χ4v) is 4.94. The van der Waals surface area contributed by atoms with Gasteiger partial charge in [-0.15, -0.1) is 0 Å². The van der Waals surface area contributed by atoms with E-state index in [0.29, 0.717) is 36.5 Å². The number of hydrogen-bond acceptors (Lipinski definition) is 7. The summed E-state index contributed by atoms with van der Waals surface area (Å²) in [6.45, 7) is 3.01. The largest absolute Gasteiger partial charge is 0.507 e. The van der Waals surface area contributed by atoms with Crippen LogP contribution in [-0.2, 0) is 11.0 Å². The van der Waals surface area contributed by atoms with Gasteiger partial charge in [-0.25, -0.2) is 15.0 Å². The molecule has 13 heteroatoms. The number of nitrogen functional groups attached to an aromatic ring is 1. The minimum Gasteiger partial charge on any atom is -0.507 e. The van der Waals surface area contributed by atoms with E-state index in [9.17, 15) is 27.9 Å². The van der Waals surface area contributed by atoms with E-state index < -0.39 is 17.6 Å². The highest BCUT2D eigenvalue weighted by molar-refractivity contribution is 6.04. The number of phenols is 1. The van der Waals surface area contributed by atoms with E-state index in [-0.39, 0.29) is 40.3 Å². The van der Waals surface area contributed by atoms with Gasteiger partial charge in [0.2, 0.25) is 5.91 Å². The summed E-state index contributed by atoms with van der Waals surface area (Å²) in [5, 5.41) is 13.2. The van der Waals surface area contributed by atoms with Gasteiger partial charge in [-0.2, -0.15) is 13.2 Å². The minimum atomic E-state index is -4.59. The molecule has 0 radical (unpaired) electrons. The van der Waals surface area contributed by atoms with Gasteiger partial charge in [-0.1, -0.05) is 6.92 Å². The number of nitrogens with one attached hydrogen (secondary N) is 1. The standard InChI is InChI=1S/C27H26F3N7O3/c1-2-21(39)36-10-3-4-16(14-36)25-35-22(23-24(31)33-9-11-37(23)25)18-6-5-15(12-19(18)38)26(40)34-20-13-17(7-8-32-20)27(28,29)30/h5-9,11-13,16,38H,2-4,10,14H2,1H3,(H2,31,33)(H,32,34,40). The highest BCUT2D eigenvalue weighted by Gasteiger charge is 2.31. The molecule has 40 heavy (non-hydrogen) atoms. The van der Waals surface area contributed by atoms with Crippen LogP contribution in [-0.4, -0.2) is 54.3 Å². The Kier molecular flexibility index (Phi) is 7.04. The number of piperidine rings is 1. The molecule has 0 saturated carbocycles. The lowest BCUT2D eigenvalue weighted by atomic mass is 9.97. The fraction of sp³-hybridized carbons (Fsp3) is 0.296. The second kappa shape index (κ2) is 10.5. The van der Waals surface area contributed by atoms with Crippen molar-refractivity contribution in [1.82, 2.24) is 24.3 Å². The summed E-state index contributed by atoms with van der Waals surface area (Å²) in [6, 6.07) is 5.61. The molecule has 4 heterocycles. The molecule has 1 saturated heterocycles. The number of imidazole rings is 1. The number of pyridine rings is 1. The molecule has 3 aromatic heterocycles. The van der Waals surface area contributed by atoms with Gasteiger partial charge in [-0.05, 0) is 43.2 Å². The Bertz CT molecular complexity index is 1600. The lowest BCUT2D eigenvalue weighted by Gasteiger charge is -2.32. The van der Waals surface area contributed by atoms with Gasteiger partial charge in [0.1, 0.15) is 34.4 Å². The van der Waals surface area contributed by atoms with Crippen molar-refractivity contribution in [3.05, 3.63) is 65.9 Å². The number of anilines is 2. The number of carbonyl (C=O) groups is 2. The number of carbonyl (C=O) groups excluding carboxylic acids is 2. The molecule has 1 aromatic carbocycles. The summed E-state index contributed by atoms with van der Waals surface area (Å²) in [6.07, 6.45) is 1.66. The normalized spacial score (nSPS) is 15.8. The minimum absolute atomic E-state index is 0.00343. The lowest BCUT2D eigenvalue weighted by molar-refractivity contribution is -0.137. The van der Waals surface area contributed by atoms with Crippen molar-refractivity contribution < 1.29 is 27.9 Å².